The summed E-state index contributed by atoms with van der Waals surface area (Å²) in [6, 6.07) is 33.9. The van der Waals surface area contributed by atoms with E-state index in [-0.39, 0.29) is 0 Å². The summed E-state index contributed by atoms with van der Waals surface area (Å²) in [6.45, 7) is 22.1. The van der Waals surface area contributed by atoms with Gasteiger partial charge in [-0.15, -0.1) is 0 Å². The van der Waals surface area contributed by atoms with Crippen LogP contribution in [0.1, 0.15) is 82.0 Å². The minimum atomic E-state index is -5.16. The zero-order chi connectivity index (χ0) is 37.7. The average molecular weight is 908 g/mol. The van der Waals surface area contributed by atoms with Gasteiger partial charge in [0, 0.05) is 0 Å². The fourth-order valence-electron chi connectivity index (χ4n) is 11.1. The van der Waals surface area contributed by atoms with Crippen LogP contribution in [0.15, 0.2) is 97.1 Å². The maximum atomic E-state index is 2.98. The molecular weight excluding hydrogens is 839 g/mol. The van der Waals surface area contributed by atoms with Crippen LogP contribution in [0.3, 0.4) is 0 Å². The van der Waals surface area contributed by atoms with Crippen LogP contribution in [0, 0.1) is 0 Å². The normalized spacial score (nSPS) is 19.1. The molecule has 0 saturated heterocycles. The van der Waals surface area contributed by atoms with Crippen LogP contribution in [-0.4, -0.2) is 23.1 Å². The van der Waals surface area contributed by atoms with Gasteiger partial charge in [-0.25, -0.2) is 0 Å². The van der Waals surface area contributed by atoms with Gasteiger partial charge in [0.2, 0.25) is 0 Å². The van der Waals surface area contributed by atoms with Crippen molar-refractivity contribution in [2.24, 2.45) is 0 Å². The second kappa shape index (κ2) is 13.0. The molecule has 4 aromatic rings. The van der Waals surface area contributed by atoms with E-state index in [4.69, 9.17) is 0 Å². The Morgan fingerprint density at radius 2 is 0.885 bits per heavy atom. The Labute approximate surface area is 315 Å². The third kappa shape index (κ3) is 6.64. The molecule has 276 valence electrons. The van der Waals surface area contributed by atoms with Crippen LogP contribution in [0.5, 0.6) is 0 Å². The minimum absolute atomic E-state index is 0.452. The summed E-state index contributed by atoms with van der Waals surface area (Å²) < 4.78 is 9.60. The van der Waals surface area contributed by atoms with E-state index in [1.807, 2.05) is 0 Å². The molecule has 4 heteroatoms. The van der Waals surface area contributed by atoms with Crippen LogP contribution < -0.4 is 10.4 Å². The fraction of sp³-hybridized carbons (Fsp3) is 0.417. The van der Waals surface area contributed by atoms with E-state index in [2.05, 4.69) is 179 Å². The fourth-order valence-corrected chi connectivity index (χ4v) is 63.1. The molecule has 2 unspecified atom stereocenters. The van der Waals surface area contributed by atoms with Crippen molar-refractivity contribution in [3.05, 3.63) is 119 Å². The van der Waals surface area contributed by atoms with E-state index in [0.29, 0.717) is 7.35 Å². The van der Waals surface area contributed by atoms with Crippen molar-refractivity contribution < 1.29 is 14.2 Å². The van der Waals surface area contributed by atoms with Crippen molar-refractivity contribution in [1.29, 1.82) is 0 Å². The predicted molar refractivity (Wildman–Crippen MR) is 242 cm³/mol. The Morgan fingerprint density at radius 3 is 1.21 bits per heavy atom. The number of unbranched alkanes of at least 4 members (excludes halogenated alkanes) is 4. The molecule has 0 amide bonds. The van der Waals surface area contributed by atoms with Crippen molar-refractivity contribution in [3.63, 3.8) is 0 Å². The summed E-state index contributed by atoms with van der Waals surface area (Å²) >= 11 is -5.16. The first-order chi connectivity index (χ1) is 24.3. The van der Waals surface area contributed by atoms with Gasteiger partial charge >= 0.3 is 318 Å². The standard InChI is InChI=1S/2C18H19Si.2C5H11.2CH3.Hf.H2Si/c2*1-19(2,3)16-12-10-15(11-13-16)18-9-5-7-14-6-4-8-17(14)18;2*1-3-5-4-2;;;;/h2*4-13H,1-3H3;2*1,3-5H2,2H3;2*1H3;;1H2. The quantitative estimate of drug-likeness (QED) is 0.0874. The summed E-state index contributed by atoms with van der Waals surface area (Å²) in [5, 5.41) is 3.07. The second-order valence-corrected chi connectivity index (χ2v) is 109. The average Bonchev–Trinajstić information content (AvgIpc) is 3.76. The van der Waals surface area contributed by atoms with E-state index in [1.54, 1.807) is 11.1 Å². The molecule has 0 fully saturated rings. The van der Waals surface area contributed by atoms with E-state index >= 15 is 0 Å². The van der Waals surface area contributed by atoms with Crippen LogP contribution in [0.25, 0.3) is 34.4 Å². The van der Waals surface area contributed by atoms with Gasteiger partial charge in [-0.05, 0) is 0 Å². The Morgan fingerprint density at radius 1 is 0.519 bits per heavy atom. The number of hydrogen-bond donors (Lipinski definition) is 0. The molecular formula is C48H68HfSi3. The Kier molecular flexibility index (Phi) is 9.88. The molecule has 52 heavy (non-hydrogen) atoms. The van der Waals surface area contributed by atoms with E-state index in [1.165, 1.54) is 90.6 Å². The molecule has 0 spiro atoms. The predicted octanol–water partition coefficient (Wildman–Crippen LogP) is 13.6. The van der Waals surface area contributed by atoms with E-state index in [9.17, 15) is 0 Å². The van der Waals surface area contributed by atoms with Crippen LogP contribution in [0.2, 0.25) is 57.0 Å². The summed E-state index contributed by atoms with van der Waals surface area (Å²) in [4.78, 5) is 0. The summed E-state index contributed by atoms with van der Waals surface area (Å²) in [5.41, 5.74) is 11.7. The molecule has 0 aliphatic heterocycles. The molecule has 0 heterocycles. The summed E-state index contributed by atoms with van der Waals surface area (Å²) in [7, 11) is -2.73. The number of fused-ring (bicyclic) bond motifs is 2. The molecule has 0 aromatic heterocycles. The van der Waals surface area contributed by atoms with Crippen LogP contribution in [0.4, 0.5) is 0 Å². The molecule has 0 N–H and O–H groups in total. The van der Waals surface area contributed by atoms with Gasteiger partial charge in [-0.3, -0.25) is 0 Å². The SMILES string of the molecule is CCCC[CH2][Hf]([CH3])([CH3])(=[SiH2])([CH2]CCCC)([CH]1C=Cc2c(-c3ccc([Si](C)(C)C)cc3)cccc21)[CH]1C=Cc2c(-c3ccc([Si](C)(C)C)cc3)cccc21. The molecule has 4 aromatic carbocycles. The topological polar surface area (TPSA) is 0 Å². The summed E-state index contributed by atoms with van der Waals surface area (Å²) in [5.74, 6) is 0. The third-order valence-electron chi connectivity index (χ3n) is 14.8. The first-order valence-corrected chi connectivity index (χ1v) is 52.4. The van der Waals surface area contributed by atoms with Crippen molar-refractivity contribution in [1.82, 2.24) is 0 Å². The van der Waals surface area contributed by atoms with Gasteiger partial charge in [0.05, 0.1) is 0 Å². The molecule has 6 rings (SSSR count). The van der Waals surface area contributed by atoms with Crippen LogP contribution >= 0.6 is 0 Å². The molecule has 0 bridgehead atoms. The zero-order valence-corrected chi connectivity index (χ0v) is 41.4. The number of allylic oxidation sites excluding steroid dienone is 2. The Hall–Kier alpha value is -2.12. The molecule has 2 aliphatic rings. The number of benzene rings is 4. The van der Waals surface area contributed by atoms with Gasteiger partial charge in [-0.1, -0.05) is 0 Å². The summed E-state index contributed by atoms with van der Waals surface area (Å²) in [6.07, 6.45) is 18.4. The molecule has 0 nitrogen and oxygen atoms in total. The van der Waals surface area contributed by atoms with Gasteiger partial charge in [0.15, 0.2) is 0 Å². The van der Waals surface area contributed by atoms with Gasteiger partial charge in [0.1, 0.15) is 0 Å². The Balaban J connectivity index is 1.57. The monoisotopic (exact) mass is 908 g/mol. The maximum absolute atomic E-state index is 5.16. The molecule has 2 aliphatic carbocycles. The first kappa shape index (κ1) is 39.6. The zero-order valence-electron chi connectivity index (χ0n) is 34.4. The molecule has 0 radical (unpaired) electrons. The first-order valence-electron chi connectivity index (χ1n) is 20.7. The third-order valence-corrected chi connectivity index (χ3v) is 75.4. The second-order valence-electron chi connectivity index (χ2n) is 21.8. The van der Waals surface area contributed by atoms with Gasteiger partial charge in [0.25, 0.3) is 0 Å². The van der Waals surface area contributed by atoms with Crippen molar-refractivity contribution in [3.8, 4) is 22.3 Å². The van der Waals surface area contributed by atoms with Crippen molar-refractivity contribution in [2.75, 3.05) is 0 Å². The van der Waals surface area contributed by atoms with E-state index < -0.39 is 30.3 Å². The van der Waals surface area contributed by atoms with Gasteiger partial charge in [-0.2, -0.15) is 0 Å². The van der Waals surface area contributed by atoms with E-state index in [0.717, 1.165) is 0 Å². The Bertz CT molecular complexity index is 2010. The van der Waals surface area contributed by atoms with Gasteiger partial charge < -0.3 is 0 Å². The van der Waals surface area contributed by atoms with Crippen LogP contribution in [-0.2, 0) is 14.2 Å². The molecule has 2 atom stereocenters. The molecule has 0 saturated carbocycles. The number of hydrogen-bond acceptors (Lipinski definition) is 0. The number of rotatable bonds is 14. The van der Waals surface area contributed by atoms with Crippen molar-refractivity contribution in [2.45, 2.75) is 117 Å². The van der Waals surface area contributed by atoms with Crippen molar-refractivity contribution >= 4 is 45.6 Å².